The lowest BCUT2D eigenvalue weighted by Gasteiger charge is -2.13. The van der Waals surface area contributed by atoms with Crippen LogP contribution in [0.15, 0.2) is 71.6 Å². The zero-order chi connectivity index (χ0) is 23.1. The molecule has 0 unspecified atom stereocenters. The van der Waals surface area contributed by atoms with Gasteiger partial charge in [0.05, 0.1) is 16.1 Å². The molecule has 1 amide bonds. The molecule has 0 saturated heterocycles. The maximum Gasteiger partial charge on any atom is 0.261 e. The van der Waals surface area contributed by atoms with E-state index in [1.54, 1.807) is 42.5 Å². The van der Waals surface area contributed by atoms with Crippen LogP contribution in [0.3, 0.4) is 0 Å². The zero-order valence-electron chi connectivity index (χ0n) is 17.3. The fourth-order valence-electron chi connectivity index (χ4n) is 2.87. The highest BCUT2D eigenvalue weighted by Crippen LogP contribution is 2.24. The number of benzene rings is 3. The van der Waals surface area contributed by atoms with E-state index in [9.17, 15) is 17.6 Å². The maximum atomic E-state index is 13.8. The van der Waals surface area contributed by atoms with Gasteiger partial charge in [0.1, 0.15) is 5.82 Å². The van der Waals surface area contributed by atoms with Crippen LogP contribution in [-0.2, 0) is 15.8 Å². The largest absolute Gasteiger partial charge is 0.351 e. The van der Waals surface area contributed by atoms with Crippen molar-refractivity contribution in [2.45, 2.75) is 17.6 Å². The van der Waals surface area contributed by atoms with Crippen LogP contribution >= 0.6 is 23.4 Å². The number of halogens is 2. The van der Waals surface area contributed by atoms with Gasteiger partial charge in [-0.15, -0.1) is 0 Å². The second-order valence-electron chi connectivity index (χ2n) is 6.97. The van der Waals surface area contributed by atoms with E-state index in [0.29, 0.717) is 28.6 Å². The van der Waals surface area contributed by atoms with Crippen molar-refractivity contribution in [3.8, 4) is 0 Å². The van der Waals surface area contributed by atoms with Gasteiger partial charge < -0.3 is 5.32 Å². The summed E-state index contributed by atoms with van der Waals surface area (Å²) in [5, 5.41) is 3.14. The van der Waals surface area contributed by atoms with E-state index in [2.05, 4.69) is 10.0 Å². The van der Waals surface area contributed by atoms with E-state index < -0.39 is 15.9 Å². The lowest BCUT2D eigenvalue weighted by Crippen LogP contribution is -2.27. The van der Waals surface area contributed by atoms with Crippen LogP contribution in [0.1, 0.15) is 21.5 Å². The van der Waals surface area contributed by atoms with E-state index in [1.807, 2.05) is 6.92 Å². The van der Waals surface area contributed by atoms with Crippen molar-refractivity contribution in [2.75, 3.05) is 17.0 Å². The molecule has 0 spiro atoms. The summed E-state index contributed by atoms with van der Waals surface area (Å²) in [7, 11) is -3.84. The second-order valence-corrected chi connectivity index (χ2v) is 10.2. The summed E-state index contributed by atoms with van der Waals surface area (Å²) in [6.07, 6.45) is 0. The van der Waals surface area contributed by atoms with E-state index in [1.165, 1.54) is 36.0 Å². The molecule has 9 heteroatoms. The molecular formula is C23H22ClFN2O3S2. The van der Waals surface area contributed by atoms with Crippen LogP contribution in [0, 0.1) is 12.7 Å². The molecule has 5 nitrogen and oxygen atoms in total. The number of sulfonamides is 1. The molecule has 32 heavy (non-hydrogen) atoms. The Morgan fingerprint density at radius 1 is 1.03 bits per heavy atom. The van der Waals surface area contributed by atoms with Gasteiger partial charge in [0.15, 0.2) is 0 Å². The Kier molecular flexibility index (Phi) is 8.17. The molecule has 3 rings (SSSR count). The van der Waals surface area contributed by atoms with Crippen LogP contribution in [0.4, 0.5) is 10.1 Å². The number of hydrogen-bond acceptors (Lipinski definition) is 4. The molecule has 0 aliphatic heterocycles. The number of carbonyl (C=O) groups is 1. The highest BCUT2D eigenvalue weighted by Gasteiger charge is 2.18. The fourth-order valence-corrected chi connectivity index (χ4v) is 5.14. The quantitative estimate of drug-likeness (QED) is 0.400. The highest BCUT2D eigenvalue weighted by molar-refractivity contribution is 7.98. The average Bonchev–Trinajstić information content (AvgIpc) is 2.75. The van der Waals surface area contributed by atoms with Crippen molar-refractivity contribution in [1.82, 2.24) is 5.32 Å². The number of carbonyl (C=O) groups excluding carboxylic acids is 1. The Hall–Kier alpha value is -2.55. The van der Waals surface area contributed by atoms with E-state index in [0.717, 1.165) is 5.56 Å². The summed E-state index contributed by atoms with van der Waals surface area (Å²) in [5.41, 5.74) is 1.78. The van der Waals surface area contributed by atoms with Crippen molar-refractivity contribution in [2.24, 2.45) is 0 Å². The first-order valence-electron chi connectivity index (χ1n) is 9.75. The number of anilines is 1. The number of rotatable bonds is 9. The predicted molar refractivity (Wildman–Crippen MR) is 128 cm³/mol. The minimum absolute atomic E-state index is 0.113. The van der Waals surface area contributed by atoms with Gasteiger partial charge in [-0.1, -0.05) is 47.5 Å². The molecule has 168 valence electrons. The van der Waals surface area contributed by atoms with Gasteiger partial charge in [-0.25, -0.2) is 12.8 Å². The first kappa shape index (κ1) is 24.1. The number of aryl methyl sites for hydroxylation is 1. The minimum Gasteiger partial charge on any atom is -0.351 e. The number of nitrogens with one attached hydrogen (secondary N) is 2. The van der Waals surface area contributed by atoms with Crippen molar-refractivity contribution >= 4 is 45.0 Å². The number of thioether (sulfide) groups is 1. The Morgan fingerprint density at radius 3 is 2.47 bits per heavy atom. The average molecular weight is 493 g/mol. The van der Waals surface area contributed by atoms with E-state index in [-0.39, 0.29) is 22.0 Å². The van der Waals surface area contributed by atoms with Gasteiger partial charge in [-0.05, 0) is 43.3 Å². The molecule has 3 aromatic carbocycles. The first-order valence-corrected chi connectivity index (χ1v) is 12.8. The maximum absolute atomic E-state index is 13.8. The topological polar surface area (TPSA) is 75.3 Å². The minimum atomic E-state index is -3.84. The van der Waals surface area contributed by atoms with Crippen molar-refractivity contribution in [1.29, 1.82) is 0 Å². The van der Waals surface area contributed by atoms with Crippen molar-refractivity contribution in [3.05, 3.63) is 94.3 Å². The number of para-hydroxylation sites is 1. The van der Waals surface area contributed by atoms with Gasteiger partial charge in [0.2, 0.25) is 0 Å². The third-order valence-corrected chi connectivity index (χ3v) is 7.31. The summed E-state index contributed by atoms with van der Waals surface area (Å²) in [4.78, 5) is 12.8. The second kappa shape index (κ2) is 10.8. The molecule has 0 radical (unpaired) electrons. The van der Waals surface area contributed by atoms with Crippen LogP contribution in [0.2, 0.25) is 5.02 Å². The zero-order valence-corrected chi connectivity index (χ0v) is 19.7. The molecule has 0 bridgehead atoms. The van der Waals surface area contributed by atoms with Gasteiger partial charge in [-0.2, -0.15) is 11.8 Å². The lowest BCUT2D eigenvalue weighted by atomic mass is 10.2. The molecule has 0 aliphatic rings. The summed E-state index contributed by atoms with van der Waals surface area (Å²) >= 11 is 7.45. The van der Waals surface area contributed by atoms with Crippen molar-refractivity contribution in [3.63, 3.8) is 0 Å². The standard InChI is InChI=1S/C23H22ClFN2O3S2/c1-16-9-11-17(12-10-16)32(29,30)27-22-8-3-2-5-18(22)23(28)26-13-14-31-15-19-20(24)6-4-7-21(19)25/h2-12,27H,13-15H2,1H3,(H,26,28). The smallest absolute Gasteiger partial charge is 0.261 e. The molecule has 3 aromatic rings. The number of hydrogen-bond donors (Lipinski definition) is 2. The highest BCUT2D eigenvalue weighted by atomic mass is 35.5. The fraction of sp³-hybridized carbons (Fsp3) is 0.174. The molecule has 0 atom stereocenters. The Bertz CT molecular complexity index is 1180. The van der Waals surface area contributed by atoms with Gasteiger partial charge in [0, 0.05) is 28.6 Å². The van der Waals surface area contributed by atoms with Gasteiger partial charge >= 0.3 is 0 Å². The van der Waals surface area contributed by atoms with Crippen molar-refractivity contribution < 1.29 is 17.6 Å². The Labute approximate surface area is 196 Å². The van der Waals surface area contributed by atoms with Crippen LogP contribution < -0.4 is 10.0 Å². The molecule has 0 heterocycles. The third kappa shape index (κ3) is 6.25. The van der Waals surface area contributed by atoms with E-state index >= 15 is 0 Å². The molecule has 0 saturated carbocycles. The SMILES string of the molecule is Cc1ccc(S(=O)(=O)Nc2ccccc2C(=O)NCCSCc2c(F)cccc2Cl)cc1. The first-order chi connectivity index (χ1) is 15.3. The molecule has 0 fully saturated rings. The monoisotopic (exact) mass is 492 g/mol. The van der Waals surface area contributed by atoms with Crippen LogP contribution in [0.25, 0.3) is 0 Å². The van der Waals surface area contributed by atoms with Gasteiger partial charge in [0.25, 0.3) is 15.9 Å². The summed E-state index contributed by atoms with van der Waals surface area (Å²) in [5.74, 6) is 0.155. The summed E-state index contributed by atoms with van der Waals surface area (Å²) < 4.78 is 41.7. The lowest BCUT2D eigenvalue weighted by molar-refractivity contribution is 0.0957. The van der Waals surface area contributed by atoms with Crippen LogP contribution in [-0.4, -0.2) is 26.6 Å². The normalized spacial score (nSPS) is 11.2. The summed E-state index contributed by atoms with van der Waals surface area (Å²) in [6, 6.07) is 17.4. The Balaban J connectivity index is 1.59. The molecular weight excluding hydrogens is 471 g/mol. The Morgan fingerprint density at radius 2 is 1.75 bits per heavy atom. The van der Waals surface area contributed by atoms with Crippen LogP contribution in [0.5, 0.6) is 0 Å². The number of amides is 1. The molecule has 2 N–H and O–H groups in total. The summed E-state index contributed by atoms with van der Waals surface area (Å²) in [6.45, 7) is 2.20. The molecule has 0 aliphatic carbocycles. The van der Waals surface area contributed by atoms with E-state index in [4.69, 9.17) is 11.6 Å². The third-order valence-electron chi connectivity index (χ3n) is 4.59. The predicted octanol–water partition coefficient (Wildman–Crippen LogP) is 5.25. The van der Waals surface area contributed by atoms with Gasteiger partial charge in [-0.3, -0.25) is 9.52 Å². The molecule has 0 aromatic heterocycles.